The third kappa shape index (κ3) is 1.81. The van der Waals surface area contributed by atoms with Gasteiger partial charge in [0.05, 0.1) is 0 Å². The van der Waals surface area contributed by atoms with Gasteiger partial charge in [0, 0.05) is 17.0 Å². The number of hydrogen-bond acceptors (Lipinski definition) is 3. The number of fused-ring (bicyclic) bond motifs is 1. The molecule has 72 valence electrons. The first-order valence-corrected chi connectivity index (χ1v) is 5.09. The monoisotopic (exact) mass is 206 g/mol. The van der Waals surface area contributed by atoms with Gasteiger partial charge < -0.3 is 5.73 Å². The quantitative estimate of drug-likeness (QED) is 0.683. The molecule has 2 rings (SSSR count). The van der Waals surface area contributed by atoms with Gasteiger partial charge in [-0.2, -0.15) is 0 Å². The van der Waals surface area contributed by atoms with E-state index in [0.717, 1.165) is 17.0 Å². The van der Waals surface area contributed by atoms with Gasteiger partial charge in [-0.15, -0.1) is 0 Å². The zero-order valence-electron chi connectivity index (χ0n) is 7.49. The van der Waals surface area contributed by atoms with Gasteiger partial charge in [0.15, 0.2) is 0 Å². The van der Waals surface area contributed by atoms with Crippen molar-refractivity contribution in [2.75, 3.05) is 6.54 Å². The standard InChI is InChI=1S/C10H10N2OS/c11-10(13)8-4-3-7-2-1-5-12-14-9(7)6-8/h1-4,6,12H,5H2,(H2,11,13). The minimum Gasteiger partial charge on any atom is -0.366 e. The highest BCUT2D eigenvalue weighted by molar-refractivity contribution is 7.97. The fraction of sp³-hybridized carbons (Fsp3) is 0.100. The van der Waals surface area contributed by atoms with E-state index in [1.165, 1.54) is 11.9 Å². The summed E-state index contributed by atoms with van der Waals surface area (Å²) in [7, 11) is 0. The molecule has 0 bridgehead atoms. The van der Waals surface area contributed by atoms with Crippen molar-refractivity contribution < 1.29 is 4.79 Å². The lowest BCUT2D eigenvalue weighted by Gasteiger charge is -2.04. The van der Waals surface area contributed by atoms with Crippen molar-refractivity contribution in [3.8, 4) is 0 Å². The summed E-state index contributed by atoms with van der Waals surface area (Å²) in [6.07, 6.45) is 4.08. The van der Waals surface area contributed by atoms with Crippen LogP contribution in [0.4, 0.5) is 0 Å². The van der Waals surface area contributed by atoms with Gasteiger partial charge in [-0.3, -0.25) is 9.52 Å². The fourth-order valence-electron chi connectivity index (χ4n) is 1.27. The van der Waals surface area contributed by atoms with Crippen LogP contribution < -0.4 is 10.5 Å². The second-order valence-electron chi connectivity index (χ2n) is 2.97. The van der Waals surface area contributed by atoms with E-state index in [4.69, 9.17) is 5.73 Å². The molecule has 3 N–H and O–H groups in total. The van der Waals surface area contributed by atoms with Crippen LogP contribution in [0.15, 0.2) is 29.2 Å². The van der Waals surface area contributed by atoms with Crippen LogP contribution in [-0.2, 0) is 0 Å². The van der Waals surface area contributed by atoms with Crippen LogP contribution in [-0.4, -0.2) is 12.5 Å². The Labute approximate surface area is 86.5 Å². The van der Waals surface area contributed by atoms with Crippen LogP contribution >= 0.6 is 11.9 Å². The second-order valence-corrected chi connectivity index (χ2v) is 3.90. The number of benzene rings is 1. The Morgan fingerprint density at radius 2 is 2.36 bits per heavy atom. The maximum atomic E-state index is 10.9. The average molecular weight is 206 g/mol. The first-order chi connectivity index (χ1) is 6.77. The maximum Gasteiger partial charge on any atom is 0.248 e. The Morgan fingerprint density at radius 3 is 3.14 bits per heavy atom. The average Bonchev–Trinajstić information content (AvgIpc) is 2.41. The molecule has 0 saturated heterocycles. The molecule has 0 atom stereocenters. The van der Waals surface area contributed by atoms with Crippen molar-refractivity contribution in [3.05, 3.63) is 35.4 Å². The zero-order chi connectivity index (χ0) is 9.97. The number of hydrogen-bond donors (Lipinski definition) is 2. The van der Waals surface area contributed by atoms with E-state index in [1.54, 1.807) is 6.07 Å². The number of amides is 1. The van der Waals surface area contributed by atoms with Crippen LogP contribution in [0.3, 0.4) is 0 Å². The third-order valence-electron chi connectivity index (χ3n) is 1.98. The molecule has 1 aromatic rings. The van der Waals surface area contributed by atoms with Gasteiger partial charge in [0.1, 0.15) is 0 Å². The summed E-state index contributed by atoms with van der Waals surface area (Å²) in [6.45, 7) is 0.825. The summed E-state index contributed by atoms with van der Waals surface area (Å²) >= 11 is 1.52. The largest absolute Gasteiger partial charge is 0.366 e. The van der Waals surface area contributed by atoms with E-state index in [2.05, 4.69) is 4.72 Å². The highest BCUT2D eigenvalue weighted by atomic mass is 32.2. The molecule has 1 aromatic carbocycles. The van der Waals surface area contributed by atoms with E-state index in [1.807, 2.05) is 24.3 Å². The Balaban J connectivity index is 2.44. The van der Waals surface area contributed by atoms with Crippen LogP contribution in [0.2, 0.25) is 0 Å². The Kier molecular flexibility index (Phi) is 2.56. The van der Waals surface area contributed by atoms with Crippen molar-refractivity contribution in [2.45, 2.75) is 4.90 Å². The Hall–Kier alpha value is -1.26. The Morgan fingerprint density at radius 1 is 1.50 bits per heavy atom. The molecule has 0 fully saturated rings. The molecular weight excluding hydrogens is 196 g/mol. The Bertz CT molecular complexity index is 401. The highest BCUT2D eigenvalue weighted by Gasteiger charge is 2.07. The molecule has 1 aliphatic rings. The number of nitrogens with one attached hydrogen (secondary N) is 1. The van der Waals surface area contributed by atoms with Gasteiger partial charge in [-0.25, -0.2) is 0 Å². The predicted octanol–water partition coefficient (Wildman–Crippen LogP) is 1.41. The molecule has 0 spiro atoms. The third-order valence-corrected chi connectivity index (χ3v) is 2.86. The number of nitrogens with two attached hydrogens (primary N) is 1. The smallest absolute Gasteiger partial charge is 0.248 e. The molecule has 3 nitrogen and oxygen atoms in total. The molecule has 0 unspecified atom stereocenters. The summed E-state index contributed by atoms with van der Waals surface area (Å²) in [5, 5.41) is 0. The van der Waals surface area contributed by atoms with Crippen LogP contribution in [0.25, 0.3) is 6.08 Å². The van der Waals surface area contributed by atoms with E-state index in [9.17, 15) is 4.79 Å². The lowest BCUT2D eigenvalue weighted by Crippen LogP contribution is -2.11. The number of primary amides is 1. The summed E-state index contributed by atoms with van der Waals surface area (Å²) in [4.78, 5) is 12.0. The molecular formula is C10H10N2OS. The molecule has 0 aromatic heterocycles. The van der Waals surface area contributed by atoms with Crippen molar-refractivity contribution in [2.24, 2.45) is 5.73 Å². The predicted molar refractivity (Wildman–Crippen MR) is 57.9 cm³/mol. The van der Waals surface area contributed by atoms with Crippen molar-refractivity contribution >= 4 is 23.9 Å². The van der Waals surface area contributed by atoms with Crippen LogP contribution in [0.1, 0.15) is 15.9 Å². The molecule has 1 aliphatic heterocycles. The van der Waals surface area contributed by atoms with E-state index in [0.29, 0.717) is 5.56 Å². The van der Waals surface area contributed by atoms with Gasteiger partial charge in [0.2, 0.25) is 5.91 Å². The fourth-order valence-corrected chi connectivity index (χ4v) is 2.04. The minimum absolute atomic E-state index is 0.387. The zero-order valence-corrected chi connectivity index (χ0v) is 8.30. The van der Waals surface area contributed by atoms with E-state index in [-0.39, 0.29) is 5.91 Å². The summed E-state index contributed by atoms with van der Waals surface area (Å²) in [5.41, 5.74) is 6.86. The molecule has 1 heterocycles. The number of carbonyl (C=O) groups excluding carboxylic acids is 1. The SMILES string of the molecule is NC(=O)c1ccc2c(c1)SNCC=C2. The molecule has 0 aliphatic carbocycles. The maximum absolute atomic E-state index is 10.9. The van der Waals surface area contributed by atoms with Crippen molar-refractivity contribution in [3.63, 3.8) is 0 Å². The van der Waals surface area contributed by atoms with Crippen molar-refractivity contribution in [1.29, 1.82) is 0 Å². The molecule has 0 saturated carbocycles. The van der Waals surface area contributed by atoms with Crippen molar-refractivity contribution in [1.82, 2.24) is 4.72 Å². The second kappa shape index (κ2) is 3.86. The van der Waals surface area contributed by atoms with Crippen LogP contribution in [0, 0.1) is 0 Å². The van der Waals surface area contributed by atoms with Gasteiger partial charge in [0.25, 0.3) is 0 Å². The number of rotatable bonds is 1. The molecule has 14 heavy (non-hydrogen) atoms. The van der Waals surface area contributed by atoms with E-state index < -0.39 is 0 Å². The molecule has 0 radical (unpaired) electrons. The number of carbonyl (C=O) groups is 1. The summed E-state index contributed by atoms with van der Waals surface area (Å²) in [5.74, 6) is -0.387. The summed E-state index contributed by atoms with van der Waals surface area (Å²) in [6, 6.07) is 5.47. The van der Waals surface area contributed by atoms with E-state index >= 15 is 0 Å². The molecule has 1 amide bonds. The highest BCUT2D eigenvalue weighted by Crippen LogP contribution is 2.24. The lowest BCUT2D eigenvalue weighted by atomic mass is 10.1. The van der Waals surface area contributed by atoms with Gasteiger partial charge >= 0.3 is 0 Å². The lowest BCUT2D eigenvalue weighted by molar-refractivity contribution is 0.1000. The summed E-state index contributed by atoms with van der Waals surface area (Å²) < 4.78 is 3.15. The topological polar surface area (TPSA) is 55.1 Å². The van der Waals surface area contributed by atoms with Crippen LogP contribution in [0.5, 0.6) is 0 Å². The van der Waals surface area contributed by atoms with Gasteiger partial charge in [-0.05, 0) is 29.6 Å². The normalized spacial score (nSPS) is 14.6. The first-order valence-electron chi connectivity index (χ1n) is 4.27. The molecule has 4 heteroatoms. The van der Waals surface area contributed by atoms with Gasteiger partial charge in [-0.1, -0.05) is 18.2 Å². The first kappa shape index (κ1) is 9.30. The minimum atomic E-state index is -0.387.